The number of likely N-dealkylation sites (tertiary alicyclic amines) is 1. The van der Waals surface area contributed by atoms with E-state index in [-0.39, 0.29) is 36.8 Å². The van der Waals surface area contributed by atoms with E-state index in [1.807, 2.05) is 6.07 Å². The number of nitrogens with zero attached hydrogens (tertiary/aromatic N) is 3. The monoisotopic (exact) mass is 381 g/mol. The summed E-state index contributed by atoms with van der Waals surface area (Å²) in [7, 11) is 0. The zero-order chi connectivity index (χ0) is 19.9. The number of hydrogen-bond donors (Lipinski definition) is 2. The minimum atomic E-state index is -1.53. The van der Waals surface area contributed by atoms with Crippen molar-refractivity contribution in [2.45, 2.75) is 18.3 Å². The molecule has 4 rings (SSSR count). The molecule has 0 aliphatic carbocycles. The predicted octanol–water partition coefficient (Wildman–Crippen LogP) is 2.41. The molecule has 1 saturated heterocycles. The zero-order valence-electron chi connectivity index (χ0n) is 14.8. The number of nitrogens with one attached hydrogen (secondary N) is 1. The van der Waals surface area contributed by atoms with Crippen molar-refractivity contribution >= 4 is 17.4 Å². The first-order chi connectivity index (χ1) is 13.4. The number of piperidine rings is 1. The first kappa shape index (κ1) is 17.9. The minimum absolute atomic E-state index is 0.0543. The fraction of sp³-hybridized carbons (Fsp3) is 0.250. The average Bonchev–Trinajstić information content (AvgIpc) is 2.69. The molecule has 1 spiro atoms. The number of nitrogens with two attached hydrogens (primary N) is 1. The van der Waals surface area contributed by atoms with Gasteiger partial charge in [-0.15, -0.1) is 0 Å². The van der Waals surface area contributed by atoms with Gasteiger partial charge in [0, 0.05) is 24.2 Å². The number of hydrogen-bond acceptors (Lipinski definition) is 5. The first-order valence-corrected chi connectivity index (χ1v) is 8.79. The van der Waals surface area contributed by atoms with E-state index >= 15 is 4.39 Å². The van der Waals surface area contributed by atoms with Gasteiger partial charge in [-0.2, -0.15) is 5.26 Å². The highest BCUT2D eigenvalue weighted by Crippen LogP contribution is 2.36. The van der Waals surface area contributed by atoms with Crippen molar-refractivity contribution in [1.29, 1.82) is 5.26 Å². The number of alkyl halides is 1. The topological polar surface area (TPSA) is 94.5 Å². The molecule has 1 amide bonds. The average molecular weight is 381 g/mol. The van der Waals surface area contributed by atoms with Crippen LogP contribution in [0.25, 0.3) is 0 Å². The minimum Gasteiger partial charge on any atom is -0.383 e. The molecule has 6 nitrogen and oxygen atoms in total. The maximum Gasteiger partial charge on any atom is 0.253 e. The van der Waals surface area contributed by atoms with Gasteiger partial charge in [-0.1, -0.05) is 6.07 Å². The molecule has 2 aliphatic heterocycles. The number of anilines is 1. The number of halogens is 2. The van der Waals surface area contributed by atoms with Crippen LogP contribution in [0.4, 0.5) is 14.5 Å². The Morgan fingerprint density at radius 3 is 2.75 bits per heavy atom. The number of nitriles is 1. The second-order valence-corrected chi connectivity index (χ2v) is 6.87. The molecule has 0 aromatic heterocycles. The molecule has 2 heterocycles. The molecule has 8 heteroatoms. The third kappa shape index (κ3) is 2.85. The number of aliphatic imine (C=N–C) groups is 1. The molecule has 2 atom stereocenters. The lowest BCUT2D eigenvalue weighted by atomic mass is 9.91. The molecule has 28 heavy (non-hydrogen) atoms. The molecule has 2 aromatic rings. The van der Waals surface area contributed by atoms with Crippen molar-refractivity contribution in [3.05, 3.63) is 65.0 Å². The van der Waals surface area contributed by atoms with Gasteiger partial charge in [0.05, 0.1) is 23.7 Å². The SMILES string of the molecule is N#Cc1ccc(C(=O)N2CCC3(N=C(N)c4c(F)cccc4N3)C(F)C2)cc1. The Kier molecular flexibility index (Phi) is 4.23. The summed E-state index contributed by atoms with van der Waals surface area (Å²) in [5, 5.41) is 11.8. The van der Waals surface area contributed by atoms with Crippen molar-refractivity contribution in [3.63, 3.8) is 0 Å². The van der Waals surface area contributed by atoms with Gasteiger partial charge in [0.25, 0.3) is 5.91 Å². The summed E-state index contributed by atoms with van der Waals surface area (Å²) in [5.41, 5.74) is 5.95. The molecule has 0 radical (unpaired) electrons. The number of fused-ring (bicyclic) bond motifs is 1. The van der Waals surface area contributed by atoms with Crippen LogP contribution in [0.3, 0.4) is 0 Å². The third-order valence-corrected chi connectivity index (χ3v) is 5.15. The summed E-state index contributed by atoms with van der Waals surface area (Å²) in [5.74, 6) is -0.896. The van der Waals surface area contributed by atoms with Crippen molar-refractivity contribution in [1.82, 2.24) is 4.90 Å². The molecule has 3 N–H and O–H groups in total. The molecule has 2 unspecified atom stereocenters. The van der Waals surface area contributed by atoms with Gasteiger partial charge in [0.1, 0.15) is 11.7 Å². The molecule has 1 fully saturated rings. The Hall–Kier alpha value is -3.47. The number of carbonyl (C=O) groups is 1. The Labute approximate surface area is 160 Å². The molecule has 2 aliphatic rings. The highest BCUT2D eigenvalue weighted by molar-refractivity contribution is 6.04. The number of benzene rings is 2. The van der Waals surface area contributed by atoms with Gasteiger partial charge in [0.15, 0.2) is 11.8 Å². The van der Waals surface area contributed by atoms with Crippen LogP contribution in [0, 0.1) is 17.1 Å². The van der Waals surface area contributed by atoms with E-state index < -0.39 is 17.7 Å². The van der Waals surface area contributed by atoms with Crippen molar-refractivity contribution in [2.75, 3.05) is 18.4 Å². The number of carbonyl (C=O) groups excluding carboxylic acids is 1. The van der Waals surface area contributed by atoms with Crippen molar-refractivity contribution in [3.8, 4) is 6.07 Å². The Morgan fingerprint density at radius 2 is 2.07 bits per heavy atom. The number of rotatable bonds is 1. The number of amidine groups is 1. The highest BCUT2D eigenvalue weighted by Gasteiger charge is 2.47. The second-order valence-electron chi connectivity index (χ2n) is 6.87. The predicted molar refractivity (Wildman–Crippen MR) is 100 cm³/mol. The van der Waals surface area contributed by atoms with Gasteiger partial charge in [-0.3, -0.25) is 4.79 Å². The van der Waals surface area contributed by atoms with Crippen LogP contribution in [0.1, 0.15) is 27.9 Å². The van der Waals surface area contributed by atoms with Crippen LogP contribution in [0.5, 0.6) is 0 Å². The normalized spacial score (nSPS) is 23.4. The van der Waals surface area contributed by atoms with Crippen LogP contribution in [-0.4, -0.2) is 41.6 Å². The molecule has 0 bridgehead atoms. The Balaban J connectivity index is 1.55. The van der Waals surface area contributed by atoms with Crippen molar-refractivity contribution in [2.24, 2.45) is 10.7 Å². The van der Waals surface area contributed by atoms with E-state index in [0.717, 1.165) is 0 Å². The second kappa shape index (κ2) is 6.60. The van der Waals surface area contributed by atoms with E-state index in [2.05, 4.69) is 10.3 Å². The van der Waals surface area contributed by atoms with E-state index in [1.165, 1.54) is 17.0 Å². The third-order valence-electron chi connectivity index (χ3n) is 5.15. The van der Waals surface area contributed by atoms with Gasteiger partial charge >= 0.3 is 0 Å². The van der Waals surface area contributed by atoms with Crippen molar-refractivity contribution < 1.29 is 13.6 Å². The summed E-state index contributed by atoms with van der Waals surface area (Å²) in [6.07, 6.45) is -1.34. The van der Waals surface area contributed by atoms with Gasteiger partial charge < -0.3 is 16.0 Å². The fourth-order valence-electron chi connectivity index (χ4n) is 3.64. The van der Waals surface area contributed by atoms with Crippen LogP contribution in [-0.2, 0) is 0 Å². The first-order valence-electron chi connectivity index (χ1n) is 8.79. The van der Waals surface area contributed by atoms with Crippen LogP contribution < -0.4 is 11.1 Å². The summed E-state index contributed by atoms with van der Waals surface area (Å²) < 4.78 is 29.2. The molecule has 2 aromatic carbocycles. The standard InChI is InChI=1S/C20H17F2N5O/c21-14-2-1-3-15-17(14)18(24)26-20(25-15)8-9-27(11-16(20)22)19(28)13-6-4-12(10-23)5-7-13/h1-7,16,25H,8-9,11H2,(H2,24,26). The lowest BCUT2D eigenvalue weighted by molar-refractivity contribution is 0.0494. The zero-order valence-corrected chi connectivity index (χ0v) is 14.8. The van der Waals surface area contributed by atoms with Crippen LogP contribution >= 0.6 is 0 Å². The highest BCUT2D eigenvalue weighted by atomic mass is 19.1. The fourth-order valence-corrected chi connectivity index (χ4v) is 3.64. The summed E-state index contributed by atoms with van der Waals surface area (Å²) >= 11 is 0. The summed E-state index contributed by atoms with van der Waals surface area (Å²) in [4.78, 5) is 18.3. The van der Waals surface area contributed by atoms with E-state index in [9.17, 15) is 9.18 Å². The smallest absolute Gasteiger partial charge is 0.253 e. The van der Waals surface area contributed by atoms with E-state index in [0.29, 0.717) is 16.8 Å². The maximum absolute atomic E-state index is 15.2. The number of amides is 1. The van der Waals surface area contributed by atoms with Crippen LogP contribution in [0.2, 0.25) is 0 Å². The van der Waals surface area contributed by atoms with Gasteiger partial charge in [-0.25, -0.2) is 13.8 Å². The van der Waals surface area contributed by atoms with Gasteiger partial charge in [-0.05, 0) is 36.4 Å². The maximum atomic E-state index is 15.2. The summed E-state index contributed by atoms with van der Waals surface area (Å²) in [6.45, 7) is 0.0843. The van der Waals surface area contributed by atoms with E-state index in [1.54, 1.807) is 30.3 Å². The van der Waals surface area contributed by atoms with Crippen LogP contribution in [0.15, 0.2) is 47.5 Å². The molecular formula is C20H17F2N5O. The molecular weight excluding hydrogens is 364 g/mol. The summed E-state index contributed by atoms with van der Waals surface area (Å²) in [6, 6.07) is 12.6. The molecule has 0 saturated carbocycles. The van der Waals surface area contributed by atoms with Gasteiger partial charge in [0.2, 0.25) is 0 Å². The Morgan fingerprint density at radius 1 is 1.32 bits per heavy atom. The molecule has 142 valence electrons. The largest absolute Gasteiger partial charge is 0.383 e. The Bertz CT molecular complexity index is 1010. The van der Waals surface area contributed by atoms with E-state index in [4.69, 9.17) is 11.0 Å². The quantitative estimate of drug-likeness (QED) is 0.793. The lowest BCUT2D eigenvalue weighted by Crippen LogP contribution is -2.59. The lowest BCUT2D eigenvalue weighted by Gasteiger charge is -2.44.